The molecule has 2 aliphatic heterocycles. The molecular weight excluding hydrogens is 276 g/mol. The third-order valence-electron chi connectivity index (χ3n) is 4.09. The predicted octanol–water partition coefficient (Wildman–Crippen LogP) is 2.31. The van der Waals surface area contributed by atoms with Crippen molar-refractivity contribution in [2.75, 3.05) is 12.3 Å². The summed E-state index contributed by atoms with van der Waals surface area (Å²) in [5.41, 5.74) is 0. The van der Waals surface area contributed by atoms with Crippen molar-refractivity contribution in [3.8, 4) is 0 Å². The summed E-state index contributed by atoms with van der Waals surface area (Å²) in [5, 5.41) is 12.2. The Balaban J connectivity index is 1.84. The van der Waals surface area contributed by atoms with E-state index in [2.05, 4.69) is 12.2 Å². The fourth-order valence-electron chi connectivity index (χ4n) is 3.06. The van der Waals surface area contributed by atoms with E-state index in [9.17, 15) is 9.59 Å². The molecule has 3 atom stereocenters. The van der Waals surface area contributed by atoms with E-state index >= 15 is 0 Å². The summed E-state index contributed by atoms with van der Waals surface area (Å²) in [6.07, 6.45) is 5.08. The monoisotopic (exact) mass is 300 g/mol. The van der Waals surface area contributed by atoms with Crippen LogP contribution in [0.1, 0.15) is 45.4 Å². The van der Waals surface area contributed by atoms with E-state index in [-0.39, 0.29) is 18.5 Å². The van der Waals surface area contributed by atoms with Crippen LogP contribution in [-0.4, -0.2) is 51.6 Å². The quantitative estimate of drug-likeness (QED) is 0.533. The Hall–Kier alpha value is -0.910. The van der Waals surface area contributed by atoms with Crippen LogP contribution in [0.15, 0.2) is 0 Å². The molecule has 2 N–H and O–H groups in total. The second-order valence-corrected chi connectivity index (χ2v) is 6.88. The first-order valence-corrected chi connectivity index (χ1v) is 8.59. The van der Waals surface area contributed by atoms with Crippen molar-refractivity contribution in [1.82, 2.24) is 10.2 Å². The molecule has 2 fully saturated rings. The van der Waals surface area contributed by atoms with Gasteiger partial charge in [-0.3, -0.25) is 4.79 Å². The molecule has 0 saturated carbocycles. The first-order valence-electron chi connectivity index (χ1n) is 7.54. The van der Waals surface area contributed by atoms with E-state index in [1.807, 2.05) is 16.7 Å². The molecule has 2 aliphatic rings. The standard InChI is InChI=1S/C14H24N2O3S/c1-2-3-8-16-13-10(15-14(16)19)9-20-11(13)6-4-5-7-12(17)18/h10-11,13H,2-9H2,1H3,(H,15,19)(H,17,18)/t10-,11-,13-/m1/s1. The number of nitrogens with one attached hydrogen (secondary N) is 1. The number of rotatable bonds is 8. The third kappa shape index (κ3) is 3.59. The first kappa shape index (κ1) is 15.5. The molecule has 2 amide bonds. The molecule has 0 aliphatic carbocycles. The number of aliphatic carboxylic acids is 1. The van der Waals surface area contributed by atoms with Gasteiger partial charge in [-0.2, -0.15) is 11.8 Å². The van der Waals surface area contributed by atoms with E-state index in [0.717, 1.165) is 44.4 Å². The molecule has 0 aromatic rings. The van der Waals surface area contributed by atoms with Gasteiger partial charge in [0.25, 0.3) is 0 Å². The van der Waals surface area contributed by atoms with Gasteiger partial charge in [-0.05, 0) is 19.3 Å². The molecule has 2 heterocycles. The maximum atomic E-state index is 12.0. The Kier molecular flexibility index (Phi) is 5.57. The number of amides is 2. The highest BCUT2D eigenvalue weighted by molar-refractivity contribution is 8.00. The number of carbonyl (C=O) groups is 2. The molecule has 2 rings (SSSR count). The number of fused-ring (bicyclic) bond motifs is 1. The zero-order valence-electron chi connectivity index (χ0n) is 12.0. The van der Waals surface area contributed by atoms with Gasteiger partial charge in [0.05, 0.1) is 12.1 Å². The Morgan fingerprint density at radius 3 is 2.95 bits per heavy atom. The van der Waals surface area contributed by atoms with Crippen LogP contribution in [0.2, 0.25) is 0 Å². The van der Waals surface area contributed by atoms with Crippen LogP contribution in [0, 0.1) is 0 Å². The normalized spacial score (nSPS) is 28.6. The molecule has 0 aromatic carbocycles. The molecule has 114 valence electrons. The maximum absolute atomic E-state index is 12.0. The van der Waals surface area contributed by atoms with Crippen molar-refractivity contribution < 1.29 is 14.7 Å². The lowest BCUT2D eigenvalue weighted by atomic mass is 10.0. The van der Waals surface area contributed by atoms with Gasteiger partial charge in [0.2, 0.25) is 0 Å². The van der Waals surface area contributed by atoms with Gasteiger partial charge in [0.1, 0.15) is 0 Å². The van der Waals surface area contributed by atoms with Gasteiger partial charge in [-0.15, -0.1) is 0 Å². The summed E-state index contributed by atoms with van der Waals surface area (Å²) in [6, 6.07) is 0.682. The molecule has 2 saturated heterocycles. The highest BCUT2D eigenvalue weighted by atomic mass is 32.2. The number of unbranched alkanes of at least 4 members (excludes halogenated alkanes) is 2. The van der Waals surface area contributed by atoms with Crippen LogP contribution in [0.3, 0.4) is 0 Å². The van der Waals surface area contributed by atoms with Gasteiger partial charge >= 0.3 is 12.0 Å². The molecule has 6 heteroatoms. The highest BCUT2D eigenvalue weighted by Gasteiger charge is 2.47. The van der Waals surface area contributed by atoms with Crippen molar-refractivity contribution in [2.45, 2.75) is 62.8 Å². The summed E-state index contributed by atoms with van der Waals surface area (Å²) in [7, 11) is 0. The number of hydrogen-bond acceptors (Lipinski definition) is 3. The Morgan fingerprint density at radius 1 is 1.45 bits per heavy atom. The lowest BCUT2D eigenvalue weighted by Crippen LogP contribution is -2.41. The smallest absolute Gasteiger partial charge is 0.318 e. The average Bonchev–Trinajstić information content (AvgIpc) is 2.91. The lowest BCUT2D eigenvalue weighted by Gasteiger charge is -2.27. The summed E-state index contributed by atoms with van der Waals surface area (Å²) in [6.45, 7) is 2.98. The number of urea groups is 1. The average molecular weight is 300 g/mol. The minimum Gasteiger partial charge on any atom is -0.481 e. The van der Waals surface area contributed by atoms with Crippen molar-refractivity contribution in [1.29, 1.82) is 0 Å². The van der Waals surface area contributed by atoms with E-state index < -0.39 is 5.97 Å². The lowest BCUT2D eigenvalue weighted by molar-refractivity contribution is -0.137. The van der Waals surface area contributed by atoms with Gasteiger partial charge < -0.3 is 15.3 Å². The summed E-state index contributed by atoms with van der Waals surface area (Å²) >= 11 is 1.93. The number of carboxylic acids is 1. The SMILES string of the molecule is CCCCN1C(=O)N[C@@H]2CS[C@H](CCCCC(=O)O)[C@@H]21. The van der Waals surface area contributed by atoms with Crippen LogP contribution in [0.5, 0.6) is 0 Å². The second kappa shape index (κ2) is 7.20. The van der Waals surface area contributed by atoms with E-state index in [1.54, 1.807) is 0 Å². The zero-order chi connectivity index (χ0) is 14.5. The molecule has 0 radical (unpaired) electrons. The van der Waals surface area contributed by atoms with Gasteiger partial charge in [-0.1, -0.05) is 19.8 Å². The molecule has 0 unspecified atom stereocenters. The van der Waals surface area contributed by atoms with E-state index in [4.69, 9.17) is 5.11 Å². The molecule has 5 nitrogen and oxygen atoms in total. The Labute approximate surface area is 124 Å². The highest BCUT2D eigenvalue weighted by Crippen LogP contribution is 2.37. The zero-order valence-corrected chi connectivity index (χ0v) is 12.8. The first-order chi connectivity index (χ1) is 9.63. The van der Waals surface area contributed by atoms with Crippen LogP contribution in [0.25, 0.3) is 0 Å². The second-order valence-electron chi connectivity index (χ2n) is 5.60. The molecule has 0 bridgehead atoms. The van der Waals surface area contributed by atoms with Crippen molar-refractivity contribution in [2.24, 2.45) is 0 Å². The van der Waals surface area contributed by atoms with Crippen molar-refractivity contribution >= 4 is 23.8 Å². The minimum absolute atomic E-state index is 0.0873. The van der Waals surface area contributed by atoms with Gasteiger partial charge in [0, 0.05) is 24.0 Å². The maximum Gasteiger partial charge on any atom is 0.318 e. The third-order valence-corrected chi connectivity index (χ3v) is 5.59. The van der Waals surface area contributed by atoms with Crippen LogP contribution >= 0.6 is 11.8 Å². The summed E-state index contributed by atoms with van der Waals surface area (Å²) < 4.78 is 0. The van der Waals surface area contributed by atoms with E-state index in [1.165, 1.54) is 0 Å². The van der Waals surface area contributed by atoms with Crippen molar-refractivity contribution in [3.05, 3.63) is 0 Å². The number of carboxylic acid groups (broad SMARTS) is 1. The molecule has 0 aromatic heterocycles. The van der Waals surface area contributed by atoms with Crippen LogP contribution in [0.4, 0.5) is 4.79 Å². The molecular formula is C14H24N2O3S. The molecule has 20 heavy (non-hydrogen) atoms. The van der Waals surface area contributed by atoms with Gasteiger partial charge in [-0.25, -0.2) is 4.79 Å². The Morgan fingerprint density at radius 2 is 2.25 bits per heavy atom. The Bertz CT molecular complexity index is 364. The van der Waals surface area contributed by atoms with E-state index in [0.29, 0.717) is 11.3 Å². The minimum atomic E-state index is -0.718. The predicted molar refractivity (Wildman–Crippen MR) is 80.1 cm³/mol. The number of hydrogen-bond donors (Lipinski definition) is 2. The van der Waals surface area contributed by atoms with Crippen molar-refractivity contribution in [3.63, 3.8) is 0 Å². The number of carbonyl (C=O) groups excluding carboxylic acids is 1. The largest absolute Gasteiger partial charge is 0.481 e. The fourth-order valence-corrected chi connectivity index (χ4v) is 4.66. The summed E-state index contributed by atoms with van der Waals surface area (Å²) in [4.78, 5) is 24.5. The van der Waals surface area contributed by atoms with Gasteiger partial charge in [0.15, 0.2) is 0 Å². The number of thioether (sulfide) groups is 1. The molecule has 0 spiro atoms. The fraction of sp³-hybridized carbons (Fsp3) is 0.857. The number of nitrogens with zero attached hydrogens (tertiary/aromatic N) is 1. The van der Waals surface area contributed by atoms with Crippen LogP contribution in [-0.2, 0) is 4.79 Å². The summed E-state index contributed by atoms with van der Waals surface area (Å²) in [5.74, 6) is 0.270. The topological polar surface area (TPSA) is 69.6 Å². The van der Waals surface area contributed by atoms with Crippen LogP contribution < -0.4 is 5.32 Å².